The Bertz CT molecular complexity index is 776. The van der Waals surface area contributed by atoms with Crippen molar-refractivity contribution in [2.75, 3.05) is 19.6 Å². The molecule has 1 aromatic carbocycles. The number of hydrogen-bond acceptors (Lipinski definition) is 3. The fraction of sp³-hybridized carbons (Fsp3) is 0.524. The number of carbonyl (C=O) groups is 1. The number of H-pyrrole nitrogens is 1. The number of amides is 1. The third-order valence-corrected chi connectivity index (χ3v) is 6.09. The van der Waals surface area contributed by atoms with Crippen molar-refractivity contribution in [3.05, 3.63) is 41.0 Å². The van der Waals surface area contributed by atoms with Gasteiger partial charge in [-0.3, -0.25) is 9.89 Å². The standard InChI is InChI=1S/C21H27ClN4O/c22-17-7-3-6-16(12-17)19-13-20(25-24-19)21(27)23-18-8-10-26(11-9-18)14-15-4-1-2-5-15/h3,6-7,12-13,15,18H,1-2,4-5,8-11,14H2,(H,23,27)(H,24,25). The quantitative estimate of drug-likeness (QED) is 0.812. The number of likely N-dealkylation sites (tertiary alicyclic amines) is 1. The van der Waals surface area contributed by atoms with E-state index in [4.69, 9.17) is 11.6 Å². The number of rotatable bonds is 5. The molecular weight excluding hydrogens is 360 g/mol. The molecule has 0 unspecified atom stereocenters. The molecule has 0 radical (unpaired) electrons. The summed E-state index contributed by atoms with van der Waals surface area (Å²) in [4.78, 5) is 15.1. The number of benzene rings is 1. The number of piperidine rings is 1. The molecule has 2 fully saturated rings. The number of aromatic amines is 1. The lowest BCUT2D eigenvalue weighted by Gasteiger charge is -2.33. The summed E-state index contributed by atoms with van der Waals surface area (Å²) in [6.45, 7) is 3.40. The van der Waals surface area contributed by atoms with Crippen molar-refractivity contribution in [2.45, 2.75) is 44.6 Å². The zero-order valence-corrected chi connectivity index (χ0v) is 16.3. The Morgan fingerprint density at radius 1 is 1.19 bits per heavy atom. The van der Waals surface area contributed by atoms with Gasteiger partial charge in [0.25, 0.3) is 5.91 Å². The van der Waals surface area contributed by atoms with Crippen molar-refractivity contribution in [2.24, 2.45) is 5.92 Å². The minimum Gasteiger partial charge on any atom is -0.348 e. The van der Waals surface area contributed by atoms with Crippen LogP contribution >= 0.6 is 11.6 Å². The minimum absolute atomic E-state index is 0.0787. The Kier molecular flexibility index (Phi) is 5.79. The van der Waals surface area contributed by atoms with E-state index in [0.29, 0.717) is 10.7 Å². The Morgan fingerprint density at radius 3 is 2.70 bits per heavy atom. The molecule has 4 rings (SSSR count). The van der Waals surface area contributed by atoms with Crippen LogP contribution in [0.4, 0.5) is 0 Å². The minimum atomic E-state index is -0.0787. The molecule has 1 aromatic heterocycles. The SMILES string of the molecule is O=C(NC1CCN(CC2CCCC2)CC1)c1cc(-c2cccc(Cl)c2)n[nH]1. The summed E-state index contributed by atoms with van der Waals surface area (Å²) in [5, 5.41) is 10.9. The lowest BCUT2D eigenvalue weighted by atomic mass is 10.0. The van der Waals surface area contributed by atoms with E-state index in [2.05, 4.69) is 20.4 Å². The van der Waals surface area contributed by atoms with Gasteiger partial charge in [-0.2, -0.15) is 5.10 Å². The van der Waals surface area contributed by atoms with E-state index in [9.17, 15) is 4.79 Å². The van der Waals surface area contributed by atoms with Gasteiger partial charge in [0.1, 0.15) is 5.69 Å². The largest absolute Gasteiger partial charge is 0.348 e. The van der Waals surface area contributed by atoms with Crippen LogP contribution in [0.3, 0.4) is 0 Å². The van der Waals surface area contributed by atoms with Gasteiger partial charge in [0.05, 0.1) is 5.69 Å². The van der Waals surface area contributed by atoms with Crippen LogP contribution in [0.2, 0.25) is 5.02 Å². The zero-order valence-electron chi connectivity index (χ0n) is 15.6. The summed E-state index contributed by atoms with van der Waals surface area (Å²) in [5.41, 5.74) is 2.13. The van der Waals surface area contributed by atoms with Crippen LogP contribution in [0.25, 0.3) is 11.3 Å². The molecule has 1 aliphatic heterocycles. The van der Waals surface area contributed by atoms with Gasteiger partial charge in [0.2, 0.25) is 0 Å². The summed E-state index contributed by atoms with van der Waals surface area (Å²) < 4.78 is 0. The average Bonchev–Trinajstić information content (AvgIpc) is 3.35. The van der Waals surface area contributed by atoms with E-state index in [-0.39, 0.29) is 11.9 Å². The molecule has 1 saturated heterocycles. The highest BCUT2D eigenvalue weighted by Gasteiger charge is 2.25. The van der Waals surface area contributed by atoms with Gasteiger partial charge < -0.3 is 10.2 Å². The van der Waals surface area contributed by atoms with E-state index in [1.54, 1.807) is 6.07 Å². The molecule has 1 amide bonds. The molecule has 2 aliphatic rings. The fourth-order valence-corrected chi connectivity index (χ4v) is 4.51. The second-order valence-electron chi connectivity index (χ2n) is 7.88. The van der Waals surface area contributed by atoms with Crippen LogP contribution in [-0.4, -0.2) is 46.7 Å². The Labute approximate surface area is 165 Å². The number of carbonyl (C=O) groups excluding carboxylic acids is 1. The first-order valence-electron chi connectivity index (χ1n) is 10.0. The fourth-order valence-electron chi connectivity index (χ4n) is 4.31. The predicted molar refractivity (Wildman–Crippen MR) is 108 cm³/mol. The molecule has 1 aliphatic carbocycles. The highest BCUT2D eigenvalue weighted by Crippen LogP contribution is 2.26. The van der Waals surface area contributed by atoms with E-state index in [0.717, 1.165) is 43.1 Å². The summed E-state index contributed by atoms with van der Waals surface area (Å²) >= 11 is 6.04. The smallest absolute Gasteiger partial charge is 0.269 e. The summed E-state index contributed by atoms with van der Waals surface area (Å²) in [7, 11) is 0. The third kappa shape index (κ3) is 4.71. The zero-order chi connectivity index (χ0) is 18.6. The summed E-state index contributed by atoms with van der Waals surface area (Å²) in [6, 6.07) is 9.52. The molecule has 6 heteroatoms. The number of nitrogens with zero attached hydrogens (tertiary/aromatic N) is 2. The van der Waals surface area contributed by atoms with E-state index in [1.807, 2.05) is 24.3 Å². The molecule has 144 valence electrons. The van der Waals surface area contributed by atoms with Crippen LogP contribution in [0.15, 0.2) is 30.3 Å². The lowest BCUT2D eigenvalue weighted by Crippen LogP contribution is -2.45. The van der Waals surface area contributed by atoms with E-state index >= 15 is 0 Å². The van der Waals surface area contributed by atoms with Crippen molar-refractivity contribution in [1.82, 2.24) is 20.4 Å². The van der Waals surface area contributed by atoms with Gasteiger partial charge in [-0.25, -0.2) is 0 Å². The van der Waals surface area contributed by atoms with Crippen molar-refractivity contribution in [1.29, 1.82) is 0 Å². The maximum Gasteiger partial charge on any atom is 0.269 e. The van der Waals surface area contributed by atoms with Crippen molar-refractivity contribution in [3.8, 4) is 11.3 Å². The van der Waals surface area contributed by atoms with Gasteiger partial charge in [0.15, 0.2) is 0 Å². The maximum absolute atomic E-state index is 12.6. The van der Waals surface area contributed by atoms with Crippen LogP contribution in [-0.2, 0) is 0 Å². The maximum atomic E-state index is 12.6. The molecule has 2 heterocycles. The summed E-state index contributed by atoms with van der Waals surface area (Å²) in [6.07, 6.45) is 7.63. The van der Waals surface area contributed by atoms with Gasteiger partial charge in [-0.1, -0.05) is 36.6 Å². The van der Waals surface area contributed by atoms with Crippen LogP contribution in [0, 0.1) is 5.92 Å². The molecular formula is C21H27ClN4O. The molecule has 5 nitrogen and oxygen atoms in total. The lowest BCUT2D eigenvalue weighted by molar-refractivity contribution is 0.0900. The topological polar surface area (TPSA) is 61.0 Å². The number of halogens is 1. The number of aromatic nitrogens is 2. The first-order chi connectivity index (χ1) is 13.2. The molecule has 2 N–H and O–H groups in total. The van der Waals surface area contributed by atoms with E-state index in [1.165, 1.54) is 32.2 Å². The Morgan fingerprint density at radius 2 is 1.96 bits per heavy atom. The van der Waals surface area contributed by atoms with Gasteiger partial charge >= 0.3 is 0 Å². The number of nitrogens with one attached hydrogen (secondary N) is 2. The molecule has 2 aromatic rings. The first kappa shape index (κ1) is 18.5. The predicted octanol–water partition coefficient (Wildman–Crippen LogP) is 4.11. The average molecular weight is 387 g/mol. The van der Waals surface area contributed by atoms with E-state index < -0.39 is 0 Å². The molecule has 1 saturated carbocycles. The summed E-state index contributed by atoms with van der Waals surface area (Å²) in [5.74, 6) is 0.816. The second kappa shape index (κ2) is 8.44. The van der Waals surface area contributed by atoms with Crippen molar-refractivity contribution in [3.63, 3.8) is 0 Å². The second-order valence-corrected chi connectivity index (χ2v) is 8.31. The molecule has 0 spiro atoms. The van der Waals surface area contributed by atoms with Gasteiger partial charge in [-0.15, -0.1) is 0 Å². The third-order valence-electron chi connectivity index (χ3n) is 5.86. The molecule has 0 atom stereocenters. The first-order valence-corrected chi connectivity index (χ1v) is 10.4. The normalized spacial score (nSPS) is 19.4. The molecule has 27 heavy (non-hydrogen) atoms. The highest BCUT2D eigenvalue weighted by molar-refractivity contribution is 6.30. The van der Waals surface area contributed by atoms with Crippen molar-refractivity contribution < 1.29 is 4.79 Å². The monoisotopic (exact) mass is 386 g/mol. The van der Waals surface area contributed by atoms with Crippen LogP contribution < -0.4 is 5.32 Å². The van der Waals surface area contributed by atoms with Gasteiger partial charge in [0, 0.05) is 36.3 Å². The molecule has 0 bridgehead atoms. The van der Waals surface area contributed by atoms with Crippen molar-refractivity contribution >= 4 is 17.5 Å². The van der Waals surface area contributed by atoms with Crippen LogP contribution in [0.5, 0.6) is 0 Å². The Hall–Kier alpha value is -1.85. The van der Waals surface area contributed by atoms with Crippen LogP contribution in [0.1, 0.15) is 49.0 Å². The Balaban J connectivity index is 1.28. The highest BCUT2D eigenvalue weighted by atomic mass is 35.5. The van der Waals surface area contributed by atoms with Gasteiger partial charge in [-0.05, 0) is 49.8 Å². The number of hydrogen-bond donors (Lipinski definition) is 2.